The predicted octanol–water partition coefficient (Wildman–Crippen LogP) is 2.21. The summed E-state index contributed by atoms with van der Waals surface area (Å²) >= 11 is 0. The van der Waals surface area contributed by atoms with Crippen LogP contribution in [0.2, 0.25) is 0 Å². The summed E-state index contributed by atoms with van der Waals surface area (Å²) in [4.78, 5) is 55.1. The number of carbonyl (C=O) groups is 4. The van der Waals surface area contributed by atoms with Crippen LogP contribution in [0.15, 0.2) is 35.3 Å². The molecule has 11 heteroatoms. The molecule has 11 nitrogen and oxygen atoms in total. The Morgan fingerprint density at radius 2 is 1.91 bits per heavy atom. The van der Waals surface area contributed by atoms with E-state index in [4.69, 9.17) is 14.6 Å². The number of likely N-dealkylation sites (N-methyl/N-ethyl adjacent to an activating group) is 1. The summed E-state index contributed by atoms with van der Waals surface area (Å²) in [5.74, 6) is -1.58. The highest BCUT2D eigenvalue weighted by Crippen LogP contribution is 2.15. The highest BCUT2D eigenvalue weighted by molar-refractivity contribution is 6.08. The smallest absolute Gasteiger partial charge is 0.417 e. The van der Waals surface area contributed by atoms with E-state index in [0.29, 0.717) is 0 Å². The Labute approximate surface area is 192 Å². The van der Waals surface area contributed by atoms with Gasteiger partial charge in [-0.2, -0.15) is 0 Å². The molecule has 1 unspecified atom stereocenters. The zero-order chi connectivity index (χ0) is 24.6. The number of aliphatic imine (C=N–C) groups is 1. The SMILES string of the molecule is CN(C(=O)OC(C)(C)C)C1CN(C(=O)OCc2ccccc2)C(=NCCCC(=O)O)NC1=O. The third-order valence-corrected chi connectivity index (χ3v) is 4.53. The minimum Gasteiger partial charge on any atom is -0.481 e. The maximum atomic E-state index is 12.8. The van der Waals surface area contributed by atoms with E-state index >= 15 is 0 Å². The van der Waals surface area contributed by atoms with E-state index in [9.17, 15) is 19.2 Å². The molecule has 1 heterocycles. The maximum Gasteiger partial charge on any atom is 0.417 e. The standard InChI is InChI=1S/C22H30N4O7/c1-22(2,3)33-20(30)25(4)16-13-26(21(31)32-14-15-9-6-5-7-10-15)19(24-18(16)29)23-12-8-11-17(27)28/h5-7,9-10,16H,8,11-14H2,1-4H3,(H,27,28)(H,23,24,29). The number of carbonyl (C=O) groups excluding carboxylic acids is 3. The fourth-order valence-corrected chi connectivity index (χ4v) is 2.86. The molecule has 0 saturated carbocycles. The van der Waals surface area contributed by atoms with Gasteiger partial charge in [-0.05, 0) is 32.8 Å². The van der Waals surface area contributed by atoms with Crippen LogP contribution in [0.1, 0.15) is 39.2 Å². The van der Waals surface area contributed by atoms with Crippen molar-refractivity contribution in [1.29, 1.82) is 0 Å². The fourth-order valence-electron chi connectivity index (χ4n) is 2.86. The van der Waals surface area contributed by atoms with Gasteiger partial charge in [-0.15, -0.1) is 0 Å². The molecule has 1 aliphatic rings. The molecule has 0 bridgehead atoms. The van der Waals surface area contributed by atoms with Crippen molar-refractivity contribution in [3.63, 3.8) is 0 Å². The molecule has 1 aromatic rings. The molecule has 1 atom stereocenters. The van der Waals surface area contributed by atoms with Gasteiger partial charge in [0.25, 0.3) is 5.91 Å². The van der Waals surface area contributed by atoms with Gasteiger partial charge in [0.05, 0.1) is 6.54 Å². The van der Waals surface area contributed by atoms with Crippen LogP contribution in [0, 0.1) is 0 Å². The number of guanidine groups is 1. The summed E-state index contributed by atoms with van der Waals surface area (Å²) in [6, 6.07) is 8.01. The largest absolute Gasteiger partial charge is 0.481 e. The Morgan fingerprint density at radius 1 is 1.24 bits per heavy atom. The highest BCUT2D eigenvalue weighted by atomic mass is 16.6. The molecule has 3 amide bonds. The molecular formula is C22H30N4O7. The number of ether oxygens (including phenoxy) is 2. The van der Waals surface area contributed by atoms with Crippen molar-refractivity contribution in [1.82, 2.24) is 15.1 Å². The van der Waals surface area contributed by atoms with Crippen molar-refractivity contribution in [2.45, 2.75) is 51.9 Å². The Morgan fingerprint density at radius 3 is 2.52 bits per heavy atom. The van der Waals surface area contributed by atoms with Crippen LogP contribution in [-0.4, -0.2) is 76.7 Å². The molecule has 180 valence electrons. The van der Waals surface area contributed by atoms with Crippen molar-refractivity contribution in [2.24, 2.45) is 4.99 Å². The van der Waals surface area contributed by atoms with E-state index in [1.165, 1.54) is 7.05 Å². The Kier molecular flexibility index (Phi) is 8.78. The molecule has 2 rings (SSSR count). The lowest BCUT2D eigenvalue weighted by Gasteiger charge is -2.37. The number of benzene rings is 1. The van der Waals surface area contributed by atoms with Crippen LogP contribution in [0.25, 0.3) is 0 Å². The number of amides is 3. The van der Waals surface area contributed by atoms with Gasteiger partial charge in [0.2, 0.25) is 5.96 Å². The molecule has 33 heavy (non-hydrogen) atoms. The zero-order valence-corrected chi connectivity index (χ0v) is 19.2. The van der Waals surface area contributed by atoms with E-state index in [0.717, 1.165) is 15.4 Å². The van der Waals surface area contributed by atoms with Crippen LogP contribution in [-0.2, 0) is 25.7 Å². The summed E-state index contributed by atoms with van der Waals surface area (Å²) in [5, 5.41) is 11.3. The van der Waals surface area contributed by atoms with Crippen LogP contribution in [0.3, 0.4) is 0 Å². The van der Waals surface area contributed by atoms with Gasteiger partial charge < -0.3 is 14.6 Å². The fraction of sp³-hybridized carbons (Fsp3) is 0.500. The van der Waals surface area contributed by atoms with E-state index in [-0.39, 0.29) is 38.5 Å². The molecule has 0 spiro atoms. The molecule has 2 N–H and O–H groups in total. The summed E-state index contributed by atoms with van der Waals surface area (Å²) in [6.07, 6.45) is -1.36. The number of hydrogen-bond acceptors (Lipinski definition) is 7. The van der Waals surface area contributed by atoms with Crippen molar-refractivity contribution in [2.75, 3.05) is 20.1 Å². The van der Waals surface area contributed by atoms with Crippen LogP contribution in [0.4, 0.5) is 9.59 Å². The van der Waals surface area contributed by atoms with E-state index < -0.39 is 35.7 Å². The number of carboxylic acids is 1. The summed E-state index contributed by atoms with van der Waals surface area (Å²) < 4.78 is 10.7. The minimum absolute atomic E-state index is 0.00296. The monoisotopic (exact) mass is 462 g/mol. The number of rotatable bonds is 7. The van der Waals surface area contributed by atoms with Crippen molar-refractivity contribution < 1.29 is 33.8 Å². The van der Waals surface area contributed by atoms with Gasteiger partial charge >= 0.3 is 18.2 Å². The maximum absolute atomic E-state index is 12.8. The van der Waals surface area contributed by atoms with Crippen LogP contribution < -0.4 is 5.32 Å². The minimum atomic E-state index is -1.04. The average Bonchev–Trinajstić information content (AvgIpc) is 2.74. The summed E-state index contributed by atoms with van der Waals surface area (Å²) in [5.41, 5.74) is 0.0101. The lowest BCUT2D eigenvalue weighted by atomic mass is 10.2. The molecule has 1 aromatic carbocycles. The molecule has 1 aliphatic heterocycles. The lowest BCUT2D eigenvalue weighted by molar-refractivity contribution is -0.137. The predicted molar refractivity (Wildman–Crippen MR) is 118 cm³/mol. The first-order chi connectivity index (χ1) is 15.5. The van der Waals surface area contributed by atoms with Gasteiger partial charge in [0, 0.05) is 20.0 Å². The van der Waals surface area contributed by atoms with Gasteiger partial charge in [-0.1, -0.05) is 30.3 Å². The number of hydrogen-bond donors (Lipinski definition) is 2. The van der Waals surface area contributed by atoms with Gasteiger partial charge in [0.1, 0.15) is 18.2 Å². The Bertz CT molecular complexity index is 896. The van der Waals surface area contributed by atoms with Crippen molar-refractivity contribution >= 4 is 30.0 Å². The second-order valence-electron chi connectivity index (χ2n) is 8.45. The topological polar surface area (TPSA) is 138 Å². The van der Waals surface area contributed by atoms with Crippen LogP contribution in [0.5, 0.6) is 0 Å². The third kappa shape index (κ3) is 8.09. The average molecular weight is 463 g/mol. The highest BCUT2D eigenvalue weighted by Gasteiger charge is 2.40. The first kappa shape index (κ1) is 25.6. The molecular weight excluding hydrogens is 432 g/mol. The van der Waals surface area contributed by atoms with Gasteiger partial charge in [0.15, 0.2) is 0 Å². The third-order valence-electron chi connectivity index (χ3n) is 4.53. The van der Waals surface area contributed by atoms with E-state index in [1.807, 2.05) is 18.2 Å². The molecule has 0 aliphatic carbocycles. The molecule has 0 radical (unpaired) electrons. The van der Waals surface area contributed by atoms with E-state index in [1.54, 1.807) is 32.9 Å². The van der Waals surface area contributed by atoms with E-state index in [2.05, 4.69) is 10.3 Å². The normalized spacial score (nSPS) is 17.3. The van der Waals surface area contributed by atoms with Gasteiger partial charge in [-0.25, -0.2) is 14.5 Å². The summed E-state index contributed by atoms with van der Waals surface area (Å²) in [6.45, 7) is 4.99. The Balaban J connectivity index is 2.17. The molecule has 1 fully saturated rings. The van der Waals surface area contributed by atoms with Crippen molar-refractivity contribution in [3.8, 4) is 0 Å². The quantitative estimate of drug-likeness (QED) is 0.593. The number of carboxylic acid groups (broad SMARTS) is 1. The Hall–Kier alpha value is -3.63. The zero-order valence-electron chi connectivity index (χ0n) is 19.2. The first-order valence-electron chi connectivity index (χ1n) is 10.5. The summed E-state index contributed by atoms with van der Waals surface area (Å²) in [7, 11) is 1.40. The second-order valence-corrected chi connectivity index (χ2v) is 8.45. The second kappa shape index (κ2) is 11.3. The number of aliphatic carboxylic acids is 1. The first-order valence-corrected chi connectivity index (χ1v) is 10.5. The van der Waals surface area contributed by atoms with Gasteiger partial charge in [-0.3, -0.25) is 24.8 Å². The lowest BCUT2D eigenvalue weighted by Crippen LogP contribution is -2.64. The van der Waals surface area contributed by atoms with Crippen LogP contribution >= 0.6 is 0 Å². The number of nitrogens with one attached hydrogen (secondary N) is 1. The molecule has 0 aromatic heterocycles. The number of nitrogens with zero attached hydrogens (tertiary/aromatic N) is 3. The molecule has 1 saturated heterocycles. The van der Waals surface area contributed by atoms with Crippen molar-refractivity contribution in [3.05, 3.63) is 35.9 Å².